The summed E-state index contributed by atoms with van der Waals surface area (Å²) in [5, 5.41) is 0. The van der Waals surface area contributed by atoms with E-state index < -0.39 is 0 Å². The summed E-state index contributed by atoms with van der Waals surface area (Å²) in [5.74, 6) is 1.02. The van der Waals surface area contributed by atoms with Crippen LogP contribution in [0.25, 0.3) is 27.9 Å². The standard InChI is InChI=1S/C22H17N5O2/c1-2-26-19-8-5-13-23-21(19)27(22(26)28)15-9-11-16(12-10-15)29-20-14-24-17-6-3-4-7-18(17)25-20/h3-14H,2H2,1H3. The number of nitrogens with zero attached hydrogens (tertiary/aromatic N) is 5. The minimum Gasteiger partial charge on any atom is -0.437 e. The van der Waals surface area contributed by atoms with Crippen molar-refractivity contribution in [3.05, 3.63) is 83.5 Å². The number of aromatic nitrogens is 5. The summed E-state index contributed by atoms with van der Waals surface area (Å²) < 4.78 is 9.15. The van der Waals surface area contributed by atoms with E-state index in [0.29, 0.717) is 23.8 Å². The molecule has 2 aromatic carbocycles. The molecule has 5 rings (SSSR count). The molecular formula is C22H17N5O2. The summed E-state index contributed by atoms with van der Waals surface area (Å²) in [6.45, 7) is 2.52. The van der Waals surface area contributed by atoms with Crippen molar-refractivity contribution < 1.29 is 4.74 Å². The molecule has 0 unspecified atom stereocenters. The van der Waals surface area contributed by atoms with Crippen molar-refractivity contribution in [2.24, 2.45) is 0 Å². The quantitative estimate of drug-likeness (QED) is 0.470. The zero-order valence-electron chi connectivity index (χ0n) is 15.7. The van der Waals surface area contributed by atoms with Gasteiger partial charge in [0.05, 0.1) is 28.4 Å². The van der Waals surface area contributed by atoms with Gasteiger partial charge in [-0.2, -0.15) is 0 Å². The third-order valence-corrected chi connectivity index (χ3v) is 4.75. The van der Waals surface area contributed by atoms with Gasteiger partial charge in [0.15, 0.2) is 5.65 Å². The number of rotatable bonds is 4. The number of pyridine rings is 1. The van der Waals surface area contributed by atoms with Gasteiger partial charge in [0.2, 0.25) is 5.88 Å². The van der Waals surface area contributed by atoms with E-state index in [0.717, 1.165) is 22.2 Å². The van der Waals surface area contributed by atoms with Crippen LogP contribution in [0.3, 0.4) is 0 Å². The fourth-order valence-electron chi connectivity index (χ4n) is 3.40. The Kier molecular flexibility index (Phi) is 4.05. The fourth-order valence-corrected chi connectivity index (χ4v) is 3.40. The minimum absolute atomic E-state index is 0.115. The fraction of sp³-hybridized carbons (Fsp3) is 0.0909. The lowest BCUT2D eigenvalue weighted by Crippen LogP contribution is -2.22. The van der Waals surface area contributed by atoms with Gasteiger partial charge >= 0.3 is 5.69 Å². The number of para-hydroxylation sites is 2. The van der Waals surface area contributed by atoms with Crippen molar-refractivity contribution in [3.63, 3.8) is 0 Å². The second-order valence-electron chi connectivity index (χ2n) is 6.50. The van der Waals surface area contributed by atoms with E-state index in [1.54, 1.807) is 33.7 Å². The van der Waals surface area contributed by atoms with E-state index in [9.17, 15) is 4.79 Å². The normalized spacial score (nSPS) is 11.2. The molecule has 0 saturated heterocycles. The molecule has 0 N–H and O–H groups in total. The Labute approximate surface area is 165 Å². The third kappa shape index (κ3) is 2.93. The van der Waals surface area contributed by atoms with Crippen LogP contribution in [0.15, 0.2) is 77.9 Å². The molecule has 0 amide bonds. The van der Waals surface area contributed by atoms with Crippen molar-refractivity contribution >= 4 is 22.2 Å². The molecule has 0 aliphatic heterocycles. The molecule has 0 spiro atoms. The molecule has 7 nitrogen and oxygen atoms in total. The Morgan fingerprint density at radius 1 is 0.931 bits per heavy atom. The minimum atomic E-state index is -0.115. The summed E-state index contributed by atoms with van der Waals surface area (Å²) in [6.07, 6.45) is 3.29. The SMILES string of the molecule is CCn1c(=O)n(-c2ccc(Oc3cnc4ccccc4n3)cc2)c2ncccc21. The zero-order chi connectivity index (χ0) is 19.8. The largest absolute Gasteiger partial charge is 0.437 e. The monoisotopic (exact) mass is 383 g/mol. The van der Waals surface area contributed by atoms with E-state index in [4.69, 9.17) is 4.74 Å². The lowest BCUT2D eigenvalue weighted by molar-refractivity contribution is 0.462. The van der Waals surface area contributed by atoms with Crippen molar-refractivity contribution in [1.82, 2.24) is 24.1 Å². The van der Waals surface area contributed by atoms with Gasteiger partial charge in [-0.3, -0.25) is 4.57 Å². The average molecular weight is 383 g/mol. The number of hydrogen-bond donors (Lipinski definition) is 0. The highest BCUT2D eigenvalue weighted by Crippen LogP contribution is 2.23. The Balaban J connectivity index is 1.50. The van der Waals surface area contributed by atoms with E-state index in [2.05, 4.69) is 15.0 Å². The lowest BCUT2D eigenvalue weighted by atomic mass is 10.3. The predicted octanol–water partition coefficient (Wildman–Crippen LogP) is 3.94. The van der Waals surface area contributed by atoms with E-state index in [-0.39, 0.29) is 5.69 Å². The van der Waals surface area contributed by atoms with E-state index in [1.165, 1.54) is 0 Å². The van der Waals surface area contributed by atoms with Gasteiger partial charge in [-0.25, -0.2) is 24.3 Å². The third-order valence-electron chi connectivity index (χ3n) is 4.75. The maximum Gasteiger partial charge on any atom is 0.334 e. The van der Waals surface area contributed by atoms with Gasteiger partial charge in [-0.15, -0.1) is 0 Å². The van der Waals surface area contributed by atoms with Crippen LogP contribution in [0.2, 0.25) is 0 Å². The number of aryl methyl sites for hydroxylation is 1. The number of hydrogen-bond acceptors (Lipinski definition) is 5. The first-order valence-corrected chi connectivity index (χ1v) is 9.31. The molecule has 0 aliphatic rings. The number of imidazole rings is 1. The summed E-state index contributed by atoms with van der Waals surface area (Å²) in [7, 11) is 0. The highest BCUT2D eigenvalue weighted by atomic mass is 16.5. The Morgan fingerprint density at radius 3 is 2.52 bits per heavy atom. The van der Waals surface area contributed by atoms with Gasteiger partial charge in [0.25, 0.3) is 0 Å². The molecule has 29 heavy (non-hydrogen) atoms. The molecule has 3 heterocycles. The molecule has 0 atom stereocenters. The van der Waals surface area contributed by atoms with Crippen molar-refractivity contribution in [2.75, 3.05) is 0 Å². The molecule has 142 valence electrons. The topological polar surface area (TPSA) is 74.8 Å². The van der Waals surface area contributed by atoms with Gasteiger partial charge in [-0.05, 0) is 55.5 Å². The first kappa shape index (κ1) is 17.1. The molecule has 7 heteroatoms. The second-order valence-corrected chi connectivity index (χ2v) is 6.50. The molecule has 0 aliphatic carbocycles. The molecule has 3 aromatic heterocycles. The van der Waals surface area contributed by atoms with Crippen LogP contribution >= 0.6 is 0 Å². The van der Waals surface area contributed by atoms with Crippen LogP contribution < -0.4 is 10.4 Å². The smallest absolute Gasteiger partial charge is 0.334 e. The van der Waals surface area contributed by atoms with Crippen LogP contribution in [0.5, 0.6) is 11.6 Å². The van der Waals surface area contributed by atoms with Crippen LogP contribution in [-0.4, -0.2) is 24.1 Å². The maximum atomic E-state index is 12.9. The second kappa shape index (κ2) is 6.87. The van der Waals surface area contributed by atoms with Crippen LogP contribution in [0.4, 0.5) is 0 Å². The molecule has 0 radical (unpaired) electrons. The highest BCUT2D eigenvalue weighted by Gasteiger charge is 2.14. The van der Waals surface area contributed by atoms with Crippen molar-refractivity contribution in [1.29, 1.82) is 0 Å². The van der Waals surface area contributed by atoms with E-state index in [1.807, 2.05) is 55.5 Å². The molecule has 0 bridgehead atoms. The van der Waals surface area contributed by atoms with Crippen molar-refractivity contribution in [2.45, 2.75) is 13.5 Å². The first-order valence-electron chi connectivity index (χ1n) is 9.31. The van der Waals surface area contributed by atoms with Gasteiger partial charge < -0.3 is 4.74 Å². The Hall–Kier alpha value is -4.00. The maximum absolute atomic E-state index is 12.9. The molecule has 5 aromatic rings. The first-order chi connectivity index (χ1) is 14.2. The summed E-state index contributed by atoms with van der Waals surface area (Å²) in [5.41, 5.74) is 3.64. The number of ether oxygens (including phenoxy) is 1. The van der Waals surface area contributed by atoms with E-state index >= 15 is 0 Å². The lowest BCUT2D eigenvalue weighted by Gasteiger charge is -2.07. The zero-order valence-corrected chi connectivity index (χ0v) is 15.7. The summed E-state index contributed by atoms with van der Waals surface area (Å²) >= 11 is 0. The van der Waals surface area contributed by atoms with Crippen LogP contribution in [-0.2, 0) is 6.54 Å². The summed E-state index contributed by atoms with van der Waals surface area (Å²) in [4.78, 5) is 26.1. The highest BCUT2D eigenvalue weighted by molar-refractivity contribution is 5.74. The van der Waals surface area contributed by atoms with Gasteiger partial charge in [-0.1, -0.05) is 12.1 Å². The van der Waals surface area contributed by atoms with Crippen LogP contribution in [0, 0.1) is 0 Å². The Morgan fingerprint density at radius 2 is 1.72 bits per heavy atom. The number of benzene rings is 2. The molecular weight excluding hydrogens is 366 g/mol. The molecule has 0 fully saturated rings. The van der Waals surface area contributed by atoms with Crippen LogP contribution in [0.1, 0.15) is 6.92 Å². The predicted molar refractivity (Wildman–Crippen MR) is 111 cm³/mol. The average Bonchev–Trinajstić information content (AvgIpc) is 3.05. The summed E-state index contributed by atoms with van der Waals surface area (Å²) in [6, 6.07) is 18.6. The van der Waals surface area contributed by atoms with Gasteiger partial charge in [0, 0.05) is 12.7 Å². The van der Waals surface area contributed by atoms with Gasteiger partial charge in [0.1, 0.15) is 5.75 Å². The Bertz CT molecular complexity index is 1390. The molecule has 0 saturated carbocycles. The number of fused-ring (bicyclic) bond motifs is 2. The van der Waals surface area contributed by atoms with Crippen molar-refractivity contribution in [3.8, 4) is 17.3 Å².